The lowest BCUT2D eigenvalue weighted by molar-refractivity contribution is 0.102. The van der Waals surface area contributed by atoms with Gasteiger partial charge in [-0.3, -0.25) is 4.79 Å². The van der Waals surface area contributed by atoms with E-state index in [4.69, 9.17) is 27.9 Å². The molecule has 3 rings (SSSR count). The fourth-order valence-corrected chi connectivity index (χ4v) is 2.72. The predicted molar refractivity (Wildman–Crippen MR) is 103 cm³/mol. The van der Waals surface area contributed by atoms with Crippen LogP contribution >= 0.6 is 23.2 Å². The van der Waals surface area contributed by atoms with Crippen molar-refractivity contribution >= 4 is 46.3 Å². The Morgan fingerprint density at radius 2 is 1.73 bits per heavy atom. The maximum Gasteiger partial charge on any atom is 0.276 e. The third kappa shape index (κ3) is 4.62. The van der Waals surface area contributed by atoms with E-state index in [1.807, 2.05) is 24.3 Å². The maximum absolute atomic E-state index is 12.3. The van der Waals surface area contributed by atoms with E-state index in [9.17, 15) is 4.79 Å². The molecule has 0 aliphatic heterocycles. The Kier molecular flexibility index (Phi) is 5.55. The first-order valence-electron chi connectivity index (χ1n) is 7.56. The molecule has 3 aromatic rings. The van der Waals surface area contributed by atoms with E-state index < -0.39 is 5.91 Å². The summed E-state index contributed by atoms with van der Waals surface area (Å²) in [5, 5.41) is 14.6. The van der Waals surface area contributed by atoms with Crippen molar-refractivity contribution in [2.45, 2.75) is 0 Å². The molecule has 26 heavy (non-hydrogen) atoms. The first-order chi connectivity index (χ1) is 12.5. The average molecular weight is 389 g/mol. The molecule has 0 fully saturated rings. The summed E-state index contributed by atoms with van der Waals surface area (Å²) in [5.41, 5.74) is 1.44. The Labute approximate surface area is 160 Å². The molecule has 1 heterocycles. The number of methoxy groups -OCH3 is 1. The number of nitrogens with zero attached hydrogens (tertiary/aromatic N) is 2. The zero-order chi connectivity index (χ0) is 18.5. The Hall–Kier alpha value is -2.83. The van der Waals surface area contributed by atoms with Crippen LogP contribution in [0.1, 0.15) is 10.5 Å². The summed E-state index contributed by atoms with van der Waals surface area (Å²) in [5.74, 6) is 0.809. The smallest absolute Gasteiger partial charge is 0.276 e. The zero-order valence-corrected chi connectivity index (χ0v) is 15.2. The van der Waals surface area contributed by atoms with Crippen LogP contribution in [-0.2, 0) is 0 Å². The Bertz CT molecular complexity index is 912. The molecule has 1 amide bonds. The SMILES string of the molecule is COc1cccc(Nc2ccc(C(=O)Nc3cc(Cl)cc(Cl)c3)nn2)c1. The number of halogens is 2. The summed E-state index contributed by atoms with van der Waals surface area (Å²) in [6.07, 6.45) is 0. The van der Waals surface area contributed by atoms with Gasteiger partial charge in [0.25, 0.3) is 5.91 Å². The lowest BCUT2D eigenvalue weighted by Crippen LogP contribution is -2.14. The van der Waals surface area contributed by atoms with Gasteiger partial charge in [0.15, 0.2) is 11.5 Å². The van der Waals surface area contributed by atoms with Gasteiger partial charge in [0.2, 0.25) is 0 Å². The third-order valence-corrected chi connectivity index (χ3v) is 3.80. The highest BCUT2D eigenvalue weighted by Gasteiger charge is 2.10. The van der Waals surface area contributed by atoms with E-state index in [1.165, 1.54) is 0 Å². The van der Waals surface area contributed by atoms with E-state index in [0.717, 1.165) is 11.4 Å². The van der Waals surface area contributed by atoms with Crippen molar-refractivity contribution in [3.8, 4) is 5.75 Å². The van der Waals surface area contributed by atoms with Gasteiger partial charge in [0.1, 0.15) is 5.75 Å². The van der Waals surface area contributed by atoms with Crippen LogP contribution in [0.2, 0.25) is 10.0 Å². The summed E-state index contributed by atoms with van der Waals surface area (Å²) in [6, 6.07) is 15.4. The Morgan fingerprint density at radius 1 is 0.962 bits per heavy atom. The molecule has 0 bridgehead atoms. The van der Waals surface area contributed by atoms with Crippen molar-refractivity contribution in [1.82, 2.24) is 10.2 Å². The fourth-order valence-electron chi connectivity index (χ4n) is 2.19. The second-order valence-corrected chi connectivity index (χ2v) is 6.15. The number of rotatable bonds is 5. The standard InChI is InChI=1S/C18H14Cl2N4O2/c1-26-15-4-2-3-13(10-15)21-17-6-5-16(23-24-17)18(25)22-14-8-11(19)7-12(20)9-14/h2-10H,1H3,(H,21,24)(H,22,25). The van der Waals surface area contributed by atoms with Crippen LogP contribution in [0, 0.1) is 0 Å². The number of ether oxygens (including phenoxy) is 1. The average Bonchev–Trinajstić information content (AvgIpc) is 2.61. The quantitative estimate of drug-likeness (QED) is 0.656. The molecule has 2 aromatic carbocycles. The van der Waals surface area contributed by atoms with Crippen molar-refractivity contribution in [2.75, 3.05) is 17.7 Å². The van der Waals surface area contributed by atoms with Crippen molar-refractivity contribution in [3.05, 3.63) is 70.3 Å². The normalized spacial score (nSPS) is 10.3. The van der Waals surface area contributed by atoms with Gasteiger partial charge in [-0.15, -0.1) is 10.2 Å². The second-order valence-electron chi connectivity index (χ2n) is 5.27. The highest BCUT2D eigenvalue weighted by molar-refractivity contribution is 6.35. The van der Waals surface area contributed by atoms with Crippen LogP contribution in [0.5, 0.6) is 5.75 Å². The monoisotopic (exact) mass is 388 g/mol. The summed E-state index contributed by atoms with van der Waals surface area (Å²) in [4.78, 5) is 12.3. The van der Waals surface area contributed by atoms with Crippen molar-refractivity contribution in [2.24, 2.45) is 0 Å². The van der Waals surface area contributed by atoms with Crippen molar-refractivity contribution < 1.29 is 9.53 Å². The molecule has 2 N–H and O–H groups in total. The van der Waals surface area contributed by atoms with E-state index in [-0.39, 0.29) is 5.69 Å². The lowest BCUT2D eigenvalue weighted by Gasteiger charge is -2.08. The number of nitrogens with one attached hydrogen (secondary N) is 2. The van der Waals surface area contributed by atoms with Crippen LogP contribution in [0.3, 0.4) is 0 Å². The molecule has 0 spiro atoms. The number of benzene rings is 2. The summed E-state index contributed by atoms with van der Waals surface area (Å²) < 4.78 is 5.17. The first-order valence-corrected chi connectivity index (χ1v) is 8.31. The van der Waals surface area contributed by atoms with E-state index in [2.05, 4.69) is 20.8 Å². The van der Waals surface area contributed by atoms with Crippen LogP contribution < -0.4 is 15.4 Å². The number of hydrogen-bond acceptors (Lipinski definition) is 5. The van der Waals surface area contributed by atoms with Crippen LogP contribution in [0.25, 0.3) is 0 Å². The molecule has 0 radical (unpaired) electrons. The molecule has 0 aliphatic rings. The van der Waals surface area contributed by atoms with Crippen LogP contribution in [-0.4, -0.2) is 23.2 Å². The number of amides is 1. The molecule has 8 heteroatoms. The van der Waals surface area contributed by atoms with Gasteiger partial charge < -0.3 is 15.4 Å². The molecule has 0 aliphatic carbocycles. The van der Waals surface area contributed by atoms with Crippen LogP contribution in [0.15, 0.2) is 54.6 Å². The number of anilines is 3. The molecular formula is C18H14Cl2N4O2. The number of carbonyl (C=O) groups is 1. The van der Waals surface area contributed by atoms with Gasteiger partial charge in [-0.1, -0.05) is 29.3 Å². The van der Waals surface area contributed by atoms with Gasteiger partial charge in [0.05, 0.1) is 7.11 Å². The first kappa shape index (κ1) is 18.0. The molecular weight excluding hydrogens is 375 g/mol. The lowest BCUT2D eigenvalue weighted by atomic mass is 10.3. The number of hydrogen-bond donors (Lipinski definition) is 2. The van der Waals surface area contributed by atoms with Crippen LogP contribution in [0.4, 0.5) is 17.2 Å². The van der Waals surface area contributed by atoms with E-state index in [0.29, 0.717) is 21.6 Å². The topological polar surface area (TPSA) is 76.1 Å². The fraction of sp³-hybridized carbons (Fsp3) is 0.0556. The van der Waals surface area contributed by atoms with Gasteiger partial charge in [0, 0.05) is 27.5 Å². The van der Waals surface area contributed by atoms with Gasteiger partial charge in [-0.2, -0.15) is 0 Å². The minimum absolute atomic E-state index is 0.164. The summed E-state index contributed by atoms with van der Waals surface area (Å²) >= 11 is 11.8. The van der Waals surface area contributed by atoms with E-state index in [1.54, 1.807) is 37.4 Å². The predicted octanol–water partition coefficient (Wildman–Crippen LogP) is 4.79. The molecule has 132 valence electrons. The van der Waals surface area contributed by atoms with Gasteiger partial charge in [-0.25, -0.2) is 0 Å². The number of carbonyl (C=O) groups excluding carboxylic acids is 1. The van der Waals surface area contributed by atoms with E-state index >= 15 is 0 Å². The minimum Gasteiger partial charge on any atom is -0.497 e. The summed E-state index contributed by atoms with van der Waals surface area (Å²) in [7, 11) is 1.60. The van der Waals surface area contributed by atoms with Gasteiger partial charge >= 0.3 is 0 Å². The zero-order valence-electron chi connectivity index (χ0n) is 13.7. The molecule has 0 unspecified atom stereocenters. The maximum atomic E-state index is 12.3. The van der Waals surface area contributed by atoms with Crippen molar-refractivity contribution in [1.29, 1.82) is 0 Å². The molecule has 0 saturated heterocycles. The second kappa shape index (κ2) is 8.03. The molecule has 1 aromatic heterocycles. The number of aromatic nitrogens is 2. The largest absolute Gasteiger partial charge is 0.497 e. The summed E-state index contributed by atoms with van der Waals surface area (Å²) in [6.45, 7) is 0. The highest BCUT2D eigenvalue weighted by Crippen LogP contribution is 2.23. The Balaban J connectivity index is 1.69. The molecule has 0 atom stereocenters. The Morgan fingerprint density at radius 3 is 2.38 bits per heavy atom. The minimum atomic E-state index is -0.413. The van der Waals surface area contributed by atoms with Gasteiger partial charge in [-0.05, 0) is 42.5 Å². The molecule has 0 saturated carbocycles. The third-order valence-electron chi connectivity index (χ3n) is 3.36. The molecule has 6 nitrogen and oxygen atoms in total. The highest BCUT2D eigenvalue weighted by atomic mass is 35.5. The van der Waals surface area contributed by atoms with Crippen molar-refractivity contribution in [3.63, 3.8) is 0 Å².